The Labute approximate surface area is 136 Å². The van der Waals surface area contributed by atoms with Gasteiger partial charge in [0.2, 0.25) is 5.91 Å². The molecule has 8 heteroatoms. The SMILES string of the molecule is O=C(O)COc1cccc(NC(=O)Cc2ccc([N+](=O)[O-])cc2)c1. The minimum atomic E-state index is -1.09. The van der Waals surface area contributed by atoms with Crippen LogP contribution in [0.3, 0.4) is 0 Å². The second kappa shape index (κ2) is 7.73. The highest BCUT2D eigenvalue weighted by Crippen LogP contribution is 2.18. The fourth-order valence-electron chi connectivity index (χ4n) is 1.93. The third-order valence-electron chi connectivity index (χ3n) is 2.99. The highest BCUT2D eigenvalue weighted by molar-refractivity contribution is 5.92. The van der Waals surface area contributed by atoms with E-state index in [4.69, 9.17) is 9.84 Å². The number of benzene rings is 2. The van der Waals surface area contributed by atoms with Crippen molar-refractivity contribution in [3.05, 3.63) is 64.2 Å². The summed E-state index contributed by atoms with van der Waals surface area (Å²) < 4.78 is 5.03. The van der Waals surface area contributed by atoms with Gasteiger partial charge in [-0.25, -0.2) is 4.79 Å². The second-order valence-corrected chi connectivity index (χ2v) is 4.86. The van der Waals surface area contributed by atoms with E-state index in [1.165, 1.54) is 30.3 Å². The molecule has 24 heavy (non-hydrogen) atoms. The quantitative estimate of drug-likeness (QED) is 0.593. The molecule has 2 aromatic carbocycles. The predicted molar refractivity (Wildman–Crippen MR) is 85.0 cm³/mol. The van der Waals surface area contributed by atoms with Gasteiger partial charge in [-0.05, 0) is 17.7 Å². The maximum Gasteiger partial charge on any atom is 0.341 e. The van der Waals surface area contributed by atoms with Gasteiger partial charge in [0, 0.05) is 23.9 Å². The minimum Gasteiger partial charge on any atom is -0.482 e. The average molecular weight is 330 g/mol. The van der Waals surface area contributed by atoms with Crippen molar-refractivity contribution in [3.63, 3.8) is 0 Å². The molecule has 0 aliphatic heterocycles. The lowest BCUT2D eigenvalue weighted by Gasteiger charge is -2.08. The summed E-state index contributed by atoms with van der Waals surface area (Å²) in [7, 11) is 0. The van der Waals surface area contributed by atoms with Gasteiger partial charge in [0.05, 0.1) is 11.3 Å². The van der Waals surface area contributed by atoms with E-state index in [0.29, 0.717) is 17.0 Å². The van der Waals surface area contributed by atoms with Crippen molar-refractivity contribution in [1.82, 2.24) is 0 Å². The fraction of sp³-hybridized carbons (Fsp3) is 0.125. The van der Waals surface area contributed by atoms with Gasteiger partial charge >= 0.3 is 5.97 Å². The van der Waals surface area contributed by atoms with E-state index in [2.05, 4.69) is 5.32 Å². The number of nitrogens with one attached hydrogen (secondary N) is 1. The summed E-state index contributed by atoms with van der Waals surface area (Å²) in [5, 5.41) is 21.8. The number of ether oxygens (including phenoxy) is 1. The van der Waals surface area contributed by atoms with Gasteiger partial charge in [-0.3, -0.25) is 14.9 Å². The van der Waals surface area contributed by atoms with Crippen LogP contribution in [0.5, 0.6) is 5.75 Å². The first-order valence-electron chi connectivity index (χ1n) is 6.92. The lowest BCUT2D eigenvalue weighted by Crippen LogP contribution is -2.14. The Hall–Kier alpha value is -3.42. The number of aliphatic carboxylic acids is 1. The van der Waals surface area contributed by atoms with E-state index in [-0.39, 0.29) is 18.0 Å². The number of hydrogen-bond acceptors (Lipinski definition) is 5. The van der Waals surface area contributed by atoms with Gasteiger partial charge in [-0.2, -0.15) is 0 Å². The molecule has 0 aliphatic carbocycles. The molecule has 0 aliphatic rings. The number of anilines is 1. The minimum absolute atomic E-state index is 0.0394. The molecule has 0 spiro atoms. The molecule has 0 atom stereocenters. The molecule has 0 heterocycles. The zero-order valence-corrected chi connectivity index (χ0v) is 12.5. The van der Waals surface area contributed by atoms with Gasteiger partial charge in [0.25, 0.3) is 5.69 Å². The van der Waals surface area contributed by atoms with Crippen molar-refractivity contribution in [1.29, 1.82) is 0 Å². The monoisotopic (exact) mass is 330 g/mol. The van der Waals surface area contributed by atoms with Crippen LogP contribution < -0.4 is 10.1 Å². The van der Waals surface area contributed by atoms with E-state index in [0.717, 1.165) is 0 Å². The number of carboxylic acids is 1. The second-order valence-electron chi connectivity index (χ2n) is 4.86. The molecule has 0 fully saturated rings. The highest BCUT2D eigenvalue weighted by atomic mass is 16.6. The normalized spacial score (nSPS) is 10.0. The number of nitro benzene ring substituents is 1. The smallest absolute Gasteiger partial charge is 0.341 e. The molecule has 0 bridgehead atoms. The van der Waals surface area contributed by atoms with Crippen molar-refractivity contribution in [2.45, 2.75) is 6.42 Å². The molecular formula is C16H14N2O6. The van der Waals surface area contributed by atoms with Gasteiger partial charge in [0.15, 0.2) is 6.61 Å². The molecule has 0 saturated heterocycles. The van der Waals surface area contributed by atoms with Gasteiger partial charge in [-0.1, -0.05) is 18.2 Å². The molecule has 2 rings (SSSR count). The molecule has 2 N–H and O–H groups in total. The van der Waals surface area contributed by atoms with E-state index >= 15 is 0 Å². The van der Waals surface area contributed by atoms with Crippen LogP contribution in [0.15, 0.2) is 48.5 Å². The zero-order valence-electron chi connectivity index (χ0n) is 12.5. The van der Waals surface area contributed by atoms with Gasteiger partial charge < -0.3 is 15.2 Å². The highest BCUT2D eigenvalue weighted by Gasteiger charge is 2.08. The topological polar surface area (TPSA) is 119 Å². The zero-order chi connectivity index (χ0) is 17.5. The average Bonchev–Trinajstić information content (AvgIpc) is 2.53. The van der Waals surface area contributed by atoms with Crippen molar-refractivity contribution >= 4 is 23.3 Å². The Morgan fingerprint density at radius 2 is 1.88 bits per heavy atom. The van der Waals surface area contributed by atoms with Crippen LogP contribution >= 0.6 is 0 Å². The van der Waals surface area contributed by atoms with Crippen molar-refractivity contribution in [2.24, 2.45) is 0 Å². The molecular weight excluding hydrogens is 316 g/mol. The molecule has 0 unspecified atom stereocenters. The lowest BCUT2D eigenvalue weighted by atomic mass is 10.1. The van der Waals surface area contributed by atoms with Crippen molar-refractivity contribution in [2.75, 3.05) is 11.9 Å². The number of rotatable bonds is 7. The van der Waals surface area contributed by atoms with E-state index in [1.807, 2.05) is 0 Å². The summed E-state index contributed by atoms with van der Waals surface area (Å²) >= 11 is 0. The Morgan fingerprint density at radius 3 is 2.50 bits per heavy atom. The number of hydrogen-bond donors (Lipinski definition) is 2. The molecule has 8 nitrogen and oxygen atoms in total. The molecule has 124 valence electrons. The first kappa shape index (κ1) is 16.9. The largest absolute Gasteiger partial charge is 0.482 e. The van der Waals surface area contributed by atoms with E-state index in [9.17, 15) is 19.7 Å². The molecule has 0 radical (unpaired) electrons. The summed E-state index contributed by atoms with van der Waals surface area (Å²) in [5.41, 5.74) is 1.06. The van der Waals surface area contributed by atoms with Crippen molar-refractivity contribution < 1.29 is 24.4 Å². The van der Waals surface area contributed by atoms with Crippen LogP contribution in [0.1, 0.15) is 5.56 Å². The molecule has 0 aromatic heterocycles. The van der Waals surface area contributed by atoms with Crippen LogP contribution in [0.4, 0.5) is 11.4 Å². The summed E-state index contributed by atoms with van der Waals surface area (Å²) in [6.07, 6.45) is 0.0538. The fourth-order valence-corrected chi connectivity index (χ4v) is 1.93. The van der Waals surface area contributed by atoms with Gasteiger partial charge in [0.1, 0.15) is 5.75 Å². The number of amides is 1. The van der Waals surface area contributed by atoms with Crippen LogP contribution in [0.25, 0.3) is 0 Å². The Kier molecular flexibility index (Phi) is 5.45. The predicted octanol–water partition coefficient (Wildman–Crippen LogP) is 2.24. The molecule has 0 saturated carbocycles. The van der Waals surface area contributed by atoms with E-state index in [1.54, 1.807) is 18.2 Å². The summed E-state index contributed by atoms with van der Waals surface area (Å²) in [5.74, 6) is -1.08. The number of carbonyl (C=O) groups is 2. The van der Waals surface area contributed by atoms with Crippen LogP contribution in [0.2, 0.25) is 0 Å². The molecule has 2 aromatic rings. The van der Waals surface area contributed by atoms with Crippen LogP contribution in [0, 0.1) is 10.1 Å². The standard InChI is InChI=1S/C16H14N2O6/c19-15(8-11-4-6-13(7-5-11)18(22)23)17-12-2-1-3-14(9-12)24-10-16(20)21/h1-7,9H,8,10H2,(H,17,19)(H,20,21). The summed E-state index contributed by atoms with van der Waals surface area (Å²) in [4.78, 5) is 32.5. The molecule has 1 amide bonds. The third-order valence-corrected chi connectivity index (χ3v) is 2.99. The maximum atomic E-state index is 12.0. The first-order valence-corrected chi connectivity index (χ1v) is 6.92. The van der Waals surface area contributed by atoms with Crippen LogP contribution in [-0.4, -0.2) is 28.5 Å². The van der Waals surface area contributed by atoms with Gasteiger partial charge in [-0.15, -0.1) is 0 Å². The third kappa shape index (κ3) is 5.09. The summed E-state index contributed by atoms with van der Waals surface area (Å²) in [6.45, 7) is -0.472. The first-order chi connectivity index (χ1) is 11.4. The number of nitro groups is 1. The lowest BCUT2D eigenvalue weighted by molar-refractivity contribution is -0.384. The number of non-ortho nitro benzene ring substituents is 1. The Balaban J connectivity index is 1.95. The maximum absolute atomic E-state index is 12.0. The van der Waals surface area contributed by atoms with Crippen LogP contribution in [-0.2, 0) is 16.0 Å². The van der Waals surface area contributed by atoms with Crippen molar-refractivity contribution in [3.8, 4) is 5.75 Å². The Morgan fingerprint density at radius 1 is 1.17 bits per heavy atom. The summed E-state index contributed by atoms with van der Waals surface area (Å²) in [6, 6.07) is 12.1. The number of carboxylic acid groups (broad SMARTS) is 1. The number of nitrogens with zero attached hydrogens (tertiary/aromatic N) is 1. The number of carbonyl (C=O) groups excluding carboxylic acids is 1. The Bertz CT molecular complexity index is 757. The van der Waals surface area contributed by atoms with E-state index < -0.39 is 17.5 Å².